The third-order valence-electron chi connectivity index (χ3n) is 2.79. The van der Waals surface area contributed by atoms with Gasteiger partial charge in [-0.15, -0.1) is 0 Å². The molecule has 0 aliphatic heterocycles. The fourth-order valence-corrected chi connectivity index (χ4v) is 1.59. The minimum absolute atomic E-state index is 0.165. The summed E-state index contributed by atoms with van der Waals surface area (Å²) in [5.41, 5.74) is 8.00. The number of nitrogen functional groups attached to an aromatic ring is 1. The third-order valence-corrected chi connectivity index (χ3v) is 2.79. The van der Waals surface area contributed by atoms with E-state index in [1.54, 1.807) is 19.1 Å². The van der Waals surface area contributed by atoms with Crippen molar-refractivity contribution in [3.05, 3.63) is 23.8 Å². The van der Waals surface area contributed by atoms with E-state index >= 15 is 0 Å². The standard InChI is InChI=1S/C15H24N2O3/c1-10(2)19-7-8-20-12(4)15(18)17-14-9-13(16)6-5-11(14)3/h5-6,9-10,12H,7-8,16H2,1-4H3,(H,17,18). The highest BCUT2D eigenvalue weighted by atomic mass is 16.5. The monoisotopic (exact) mass is 280 g/mol. The molecule has 5 heteroatoms. The first-order valence-electron chi connectivity index (χ1n) is 6.80. The molecule has 20 heavy (non-hydrogen) atoms. The third kappa shape index (κ3) is 5.59. The quantitative estimate of drug-likeness (QED) is 0.594. The van der Waals surface area contributed by atoms with Gasteiger partial charge in [0.1, 0.15) is 6.10 Å². The van der Waals surface area contributed by atoms with Crippen LogP contribution < -0.4 is 11.1 Å². The largest absolute Gasteiger partial charge is 0.399 e. The average Bonchev–Trinajstić information content (AvgIpc) is 2.38. The highest BCUT2D eigenvalue weighted by Crippen LogP contribution is 2.18. The SMILES string of the molecule is Cc1ccc(N)cc1NC(=O)C(C)OCCOC(C)C. The summed E-state index contributed by atoms with van der Waals surface area (Å²) < 4.78 is 10.8. The van der Waals surface area contributed by atoms with E-state index in [-0.39, 0.29) is 12.0 Å². The Balaban J connectivity index is 2.43. The Hall–Kier alpha value is -1.59. The van der Waals surface area contributed by atoms with E-state index in [1.807, 2.05) is 26.8 Å². The van der Waals surface area contributed by atoms with Crippen LogP contribution in [0.4, 0.5) is 11.4 Å². The summed E-state index contributed by atoms with van der Waals surface area (Å²) in [7, 11) is 0. The van der Waals surface area contributed by atoms with Crippen molar-refractivity contribution in [2.45, 2.75) is 39.9 Å². The van der Waals surface area contributed by atoms with Crippen molar-refractivity contribution in [3.8, 4) is 0 Å². The van der Waals surface area contributed by atoms with E-state index < -0.39 is 6.10 Å². The van der Waals surface area contributed by atoms with Gasteiger partial charge in [0.25, 0.3) is 5.91 Å². The molecule has 0 saturated heterocycles. The molecule has 0 aliphatic carbocycles. The van der Waals surface area contributed by atoms with Crippen molar-refractivity contribution in [1.29, 1.82) is 0 Å². The Bertz CT molecular complexity index is 447. The van der Waals surface area contributed by atoms with Crippen LogP contribution in [-0.2, 0) is 14.3 Å². The molecule has 0 bridgehead atoms. The molecule has 1 atom stereocenters. The topological polar surface area (TPSA) is 73.6 Å². The summed E-state index contributed by atoms with van der Waals surface area (Å²) in [6, 6.07) is 5.41. The van der Waals surface area contributed by atoms with E-state index in [9.17, 15) is 4.79 Å². The molecule has 0 saturated carbocycles. The molecule has 5 nitrogen and oxygen atoms in total. The van der Waals surface area contributed by atoms with Crippen molar-refractivity contribution < 1.29 is 14.3 Å². The lowest BCUT2D eigenvalue weighted by atomic mass is 10.2. The molecule has 1 aromatic carbocycles. The molecule has 3 N–H and O–H groups in total. The zero-order chi connectivity index (χ0) is 15.1. The minimum Gasteiger partial charge on any atom is -0.399 e. The fraction of sp³-hybridized carbons (Fsp3) is 0.533. The van der Waals surface area contributed by atoms with Crippen LogP contribution in [0.2, 0.25) is 0 Å². The summed E-state index contributed by atoms with van der Waals surface area (Å²) in [4.78, 5) is 12.0. The first-order valence-corrected chi connectivity index (χ1v) is 6.80. The van der Waals surface area contributed by atoms with Gasteiger partial charge in [0, 0.05) is 11.4 Å². The number of amides is 1. The number of ether oxygens (including phenoxy) is 2. The van der Waals surface area contributed by atoms with Crippen LogP contribution >= 0.6 is 0 Å². The van der Waals surface area contributed by atoms with Gasteiger partial charge in [0.05, 0.1) is 19.3 Å². The molecule has 112 valence electrons. The first kappa shape index (κ1) is 16.5. The molecule has 0 aliphatic rings. The molecule has 0 heterocycles. The summed E-state index contributed by atoms with van der Waals surface area (Å²) in [5, 5.41) is 2.82. The number of carbonyl (C=O) groups excluding carboxylic acids is 1. The molecule has 0 radical (unpaired) electrons. The van der Waals surface area contributed by atoms with Crippen LogP contribution in [0.3, 0.4) is 0 Å². The van der Waals surface area contributed by atoms with Gasteiger partial charge in [0.15, 0.2) is 0 Å². The number of benzene rings is 1. The van der Waals surface area contributed by atoms with Gasteiger partial charge in [-0.1, -0.05) is 6.07 Å². The Morgan fingerprint density at radius 3 is 2.55 bits per heavy atom. The number of anilines is 2. The molecule has 1 unspecified atom stereocenters. The van der Waals surface area contributed by atoms with E-state index in [1.165, 1.54) is 0 Å². The predicted molar refractivity (Wildman–Crippen MR) is 80.7 cm³/mol. The smallest absolute Gasteiger partial charge is 0.253 e. The Labute approximate surface area is 120 Å². The normalized spacial score (nSPS) is 12.4. The van der Waals surface area contributed by atoms with Crippen LogP contribution in [0.15, 0.2) is 18.2 Å². The van der Waals surface area contributed by atoms with Crippen LogP contribution in [0.1, 0.15) is 26.3 Å². The van der Waals surface area contributed by atoms with Gasteiger partial charge in [0.2, 0.25) is 0 Å². The second kappa shape index (κ2) is 7.87. The Kier molecular flexibility index (Phi) is 6.48. The molecule has 0 fully saturated rings. The summed E-state index contributed by atoms with van der Waals surface area (Å²) in [6.45, 7) is 8.41. The second-order valence-corrected chi connectivity index (χ2v) is 5.00. The van der Waals surface area contributed by atoms with Gasteiger partial charge in [-0.2, -0.15) is 0 Å². The lowest BCUT2D eigenvalue weighted by Gasteiger charge is -2.15. The van der Waals surface area contributed by atoms with Gasteiger partial charge in [-0.25, -0.2) is 0 Å². The number of nitrogens with two attached hydrogens (primary N) is 1. The van der Waals surface area contributed by atoms with Crippen LogP contribution in [0, 0.1) is 6.92 Å². The maximum atomic E-state index is 12.0. The van der Waals surface area contributed by atoms with Gasteiger partial charge in [-0.3, -0.25) is 4.79 Å². The van der Waals surface area contributed by atoms with Crippen LogP contribution in [-0.4, -0.2) is 31.3 Å². The Morgan fingerprint density at radius 1 is 1.25 bits per heavy atom. The Morgan fingerprint density at radius 2 is 1.90 bits per heavy atom. The van der Waals surface area contributed by atoms with E-state index in [2.05, 4.69) is 5.32 Å². The van der Waals surface area contributed by atoms with Crippen molar-refractivity contribution >= 4 is 17.3 Å². The summed E-state index contributed by atoms with van der Waals surface area (Å²) >= 11 is 0. The van der Waals surface area contributed by atoms with Crippen molar-refractivity contribution in [1.82, 2.24) is 0 Å². The molecule has 1 rings (SSSR count). The predicted octanol–water partition coefficient (Wildman–Crippen LogP) is 2.35. The van der Waals surface area contributed by atoms with E-state index in [4.69, 9.17) is 15.2 Å². The van der Waals surface area contributed by atoms with Gasteiger partial charge in [-0.05, 0) is 45.4 Å². The van der Waals surface area contributed by atoms with Crippen LogP contribution in [0.5, 0.6) is 0 Å². The number of nitrogens with one attached hydrogen (secondary N) is 1. The van der Waals surface area contributed by atoms with Gasteiger partial charge < -0.3 is 20.5 Å². The van der Waals surface area contributed by atoms with Crippen molar-refractivity contribution in [3.63, 3.8) is 0 Å². The maximum absolute atomic E-state index is 12.0. The maximum Gasteiger partial charge on any atom is 0.253 e. The number of hydrogen-bond acceptors (Lipinski definition) is 4. The molecule has 0 spiro atoms. The lowest BCUT2D eigenvalue weighted by Crippen LogP contribution is -2.29. The number of hydrogen-bond donors (Lipinski definition) is 2. The molecule has 0 aromatic heterocycles. The first-order chi connectivity index (χ1) is 9.40. The van der Waals surface area contributed by atoms with Crippen molar-refractivity contribution in [2.24, 2.45) is 0 Å². The highest BCUT2D eigenvalue weighted by molar-refractivity contribution is 5.95. The minimum atomic E-state index is -0.536. The van der Waals surface area contributed by atoms with Crippen LogP contribution in [0.25, 0.3) is 0 Å². The number of aryl methyl sites for hydroxylation is 1. The highest BCUT2D eigenvalue weighted by Gasteiger charge is 2.14. The van der Waals surface area contributed by atoms with E-state index in [0.717, 1.165) is 5.56 Å². The number of carbonyl (C=O) groups is 1. The molecule has 1 aromatic rings. The molecular formula is C15H24N2O3. The molecule has 1 amide bonds. The molecular weight excluding hydrogens is 256 g/mol. The average molecular weight is 280 g/mol. The second-order valence-electron chi connectivity index (χ2n) is 5.00. The fourth-order valence-electron chi connectivity index (χ4n) is 1.59. The van der Waals surface area contributed by atoms with Gasteiger partial charge >= 0.3 is 0 Å². The zero-order valence-corrected chi connectivity index (χ0v) is 12.6. The number of rotatable bonds is 7. The van der Waals surface area contributed by atoms with Crippen molar-refractivity contribution in [2.75, 3.05) is 24.3 Å². The van der Waals surface area contributed by atoms with E-state index in [0.29, 0.717) is 24.6 Å². The lowest BCUT2D eigenvalue weighted by molar-refractivity contribution is -0.127. The summed E-state index contributed by atoms with van der Waals surface area (Å²) in [6.07, 6.45) is -0.371. The summed E-state index contributed by atoms with van der Waals surface area (Å²) in [5.74, 6) is -0.191. The zero-order valence-electron chi connectivity index (χ0n) is 12.6.